The number of carbonyl (C=O) groups excluding carboxylic acids is 1. The highest BCUT2D eigenvalue weighted by Crippen LogP contribution is 2.33. The number of hydrogen-bond acceptors (Lipinski definition) is 11. The Hall–Kier alpha value is -4.32. The molecule has 0 aliphatic carbocycles. The van der Waals surface area contributed by atoms with E-state index >= 15 is 0 Å². The zero-order valence-electron chi connectivity index (χ0n) is 25.0. The van der Waals surface area contributed by atoms with Crippen molar-refractivity contribution in [3.8, 4) is 17.0 Å². The number of hydrogen-bond donors (Lipinski definition) is 2. The van der Waals surface area contributed by atoms with E-state index in [4.69, 9.17) is 20.4 Å². The lowest BCUT2D eigenvalue weighted by Gasteiger charge is -2.33. The summed E-state index contributed by atoms with van der Waals surface area (Å²) in [7, 11) is 0. The Balaban J connectivity index is 1.06. The Morgan fingerprint density at radius 1 is 1.02 bits per heavy atom. The maximum Gasteiger partial charge on any atom is 0.320 e. The molecule has 0 unspecified atom stereocenters. The van der Waals surface area contributed by atoms with E-state index in [0.717, 1.165) is 68.9 Å². The van der Waals surface area contributed by atoms with Gasteiger partial charge in [0.05, 0.1) is 23.8 Å². The van der Waals surface area contributed by atoms with Gasteiger partial charge >= 0.3 is 5.97 Å². The van der Waals surface area contributed by atoms with E-state index in [9.17, 15) is 9.90 Å². The number of piperidine rings is 2. The van der Waals surface area contributed by atoms with Gasteiger partial charge in [-0.2, -0.15) is 5.10 Å². The largest absolute Gasteiger partial charge is 0.507 e. The van der Waals surface area contributed by atoms with Crippen molar-refractivity contribution >= 4 is 28.8 Å². The SMILES string of the molecule is CC(C)(C)OC(=O)CN1CCC(c2cnc(N3CCC(n4nc(N)c5nnc(-c6ccccc6O)cc54)CC3)nc2)CC1. The number of phenolic OH excluding ortho intramolecular Hbond substituents is 1. The summed E-state index contributed by atoms with van der Waals surface area (Å²) in [6, 6.07) is 9.12. The summed E-state index contributed by atoms with van der Waals surface area (Å²) in [5.74, 6) is 1.46. The summed E-state index contributed by atoms with van der Waals surface area (Å²) in [4.78, 5) is 26.0. The van der Waals surface area contributed by atoms with Crippen LogP contribution in [0.1, 0.15) is 64.0 Å². The number of rotatable bonds is 6. The molecule has 1 aromatic carbocycles. The van der Waals surface area contributed by atoms with Gasteiger partial charge in [0.1, 0.15) is 11.4 Å². The van der Waals surface area contributed by atoms with Crippen LogP contribution in [0, 0.1) is 0 Å². The monoisotopic (exact) mass is 585 g/mol. The van der Waals surface area contributed by atoms with Crippen LogP contribution in [-0.2, 0) is 9.53 Å². The van der Waals surface area contributed by atoms with Gasteiger partial charge in [-0.05, 0) is 89.2 Å². The van der Waals surface area contributed by atoms with E-state index < -0.39 is 5.60 Å². The van der Waals surface area contributed by atoms with Crippen molar-refractivity contribution in [3.05, 3.63) is 48.3 Å². The molecule has 0 spiro atoms. The quantitative estimate of drug-likeness (QED) is 0.317. The lowest BCUT2D eigenvalue weighted by Crippen LogP contribution is -2.39. The minimum absolute atomic E-state index is 0.141. The summed E-state index contributed by atoms with van der Waals surface area (Å²) >= 11 is 0. The summed E-state index contributed by atoms with van der Waals surface area (Å²) in [5.41, 5.74) is 9.46. The summed E-state index contributed by atoms with van der Waals surface area (Å²) in [6.45, 7) is 9.30. The minimum atomic E-state index is -0.460. The van der Waals surface area contributed by atoms with E-state index in [1.165, 1.54) is 0 Å². The zero-order valence-corrected chi connectivity index (χ0v) is 25.0. The molecule has 2 aliphatic heterocycles. The third-order valence-corrected chi connectivity index (χ3v) is 8.24. The summed E-state index contributed by atoms with van der Waals surface area (Å²) in [6.07, 6.45) is 7.56. The second-order valence-corrected chi connectivity index (χ2v) is 12.5. The highest BCUT2D eigenvalue weighted by Gasteiger charge is 2.28. The van der Waals surface area contributed by atoms with E-state index in [1.54, 1.807) is 12.1 Å². The molecule has 226 valence electrons. The maximum atomic E-state index is 12.2. The fraction of sp³-hybridized carbons (Fsp3) is 0.484. The van der Waals surface area contributed by atoms with Gasteiger partial charge in [-0.25, -0.2) is 9.97 Å². The smallest absolute Gasteiger partial charge is 0.320 e. The molecule has 0 saturated carbocycles. The van der Waals surface area contributed by atoms with Crippen molar-refractivity contribution in [1.82, 2.24) is 34.8 Å². The molecule has 12 heteroatoms. The molecule has 3 N–H and O–H groups in total. The molecule has 43 heavy (non-hydrogen) atoms. The van der Waals surface area contributed by atoms with E-state index in [-0.39, 0.29) is 17.8 Å². The minimum Gasteiger partial charge on any atom is -0.507 e. The second-order valence-electron chi connectivity index (χ2n) is 12.5. The first-order valence-electron chi connectivity index (χ1n) is 15.0. The molecule has 0 amide bonds. The predicted octanol–water partition coefficient (Wildman–Crippen LogP) is 3.93. The molecular formula is C31H39N9O3. The number of nitrogen functional groups attached to an aromatic ring is 1. The second kappa shape index (κ2) is 11.8. The molecular weight excluding hydrogens is 546 g/mol. The van der Waals surface area contributed by atoms with E-state index in [0.29, 0.717) is 35.1 Å². The van der Waals surface area contributed by atoms with Gasteiger partial charge < -0.3 is 20.5 Å². The van der Waals surface area contributed by atoms with Crippen LogP contribution >= 0.6 is 0 Å². The lowest BCUT2D eigenvalue weighted by molar-refractivity contribution is -0.156. The molecule has 0 radical (unpaired) electrons. The van der Waals surface area contributed by atoms with Gasteiger partial charge in [0.15, 0.2) is 11.3 Å². The fourth-order valence-electron chi connectivity index (χ4n) is 6.05. The number of ether oxygens (including phenoxy) is 1. The van der Waals surface area contributed by atoms with Gasteiger partial charge in [-0.1, -0.05) is 12.1 Å². The third-order valence-electron chi connectivity index (χ3n) is 8.24. The zero-order chi connectivity index (χ0) is 30.1. The molecule has 2 aliphatic rings. The van der Waals surface area contributed by atoms with Gasteiger partial charge in [0, 0.05) is 31.0 Å². The number of anilines is 2. The average molecular weight is 586 g/mol. The fourth-order valence-corrected chi connectivity index (χ4v) is 6.05. The van der Waals surface area contributed by atoms with Crippen molar-refractivity contribution in [2.75, 3.05) is 43.4 Å². The summed E-state index contributed by atoms with van der Waals surface area (Å²) in [5, 5.41) is 23.5. The van der Waals surface area contributed by atoms with Gasteiger partial charge in [0.25, 0.3) is 0 Å². The molecule has 6 rings (SSSR count). The molecule has 3 aromatic heterocycles. The number of benzene rings is 1. The Morgan fingerprint density at radius 2 is 1.72 bits per heavy atom. The molecule has 0 atom stereocenters. The number of nitrogens with two attached hydrogens (primary N) is 1. The van der Waals surface area contributed by atoms with Crippen molar-refractivity contribution in [2.45, 2.75) is 64.0 Å². The Morgan fingerprint density at radius 3 is 2.40 bits per heavy atom. The standard InChI is InChI=1S/C31H39N9O3/c1-31(2,3)43-27(42)19-38-12-8-20(9-13-38)21-17-33-30(34-18-21)39-14-10-22(11-15-39)40-25-16-24(23-6-4-5-7-26(23)41)35-36-28(25)29(32)37-40/h4-7,16-18,20,22,41H,8-15,19H2,1-3H3,(H2,32,37). The molecule has 2 fully saturated rings. The van der Waals surface area contributed by atoms with E-state index in [2.05, 4.69) is 25.1 Å². The van der Waals surface area contributed by atoms with Crippen LogP contribution in [0.5, 0.6) is 5.75 Å². The number of aromatic nitrogens is 6. The van der Waals surface area contributed by atoms with E-state index in [1.807, 2.05) is 56.0 Å². The van der Waals surface area contributed by atoms with Crippen LogP contribution in [0.4, 0.5) is 11.8 Å². The van der Waals surface area contributed by atoms with Gasteiger partial charge in [0.2, 0.25) is 5.95 Å². The van der Waals surface area contributed by atoms with Crippen LogP contribution in [0.25, 0.3) is 22.3 Å². The number of para-hydroxylation sites is 1. The van der Waals surface area contributed by atoms with Crippen LogP contribution < -0.4 is 10.6 Å². The average Bonchev–Trinajstić information content (AvgIpc) is 3.32. The first-order chi connectivity index (χ1) is 20.6. The summed E-state index contributed by atoms with van der Waals surface area (Å²) < 4.78 is 7.43. The Bertz CT molecular complexity index is 1580. The number of carbonyl (C=O) groups is 1. The molecule has 12 nitrogen and oxygen atoms in total. The molecule has 4 aromatic rings. The lowest BCUT2D eigenvalue weighted by atomic mass is 9.91. The Labute approximate surface area is 250 Å². The normalized spacial score (nSPS) is 17.4. The van der Waals surface area contributed by atoms with Crippen molar-refractivity contribution in [1.29, 1.82) is 0 Å². The Kier molecular flexibility index (Phi) is 7.87. The number of fused-ring (bicyclic) bond motifs is 1. The van der Waals surface area contributed by atoms with Crippen LogP contribution in [0.3, 0.4) is 0 Å². The topological polar surface area (TPSA) is 148 Å². The first kappa shape index (κ1) is 28.8. The predicted molar refractivity (Wildman–Crippen MR) is 164 cm³/mol. The molecule has 2 saturated heterocycles. The van der Waals surface area contributed by atoms with Crippen LogP contribution in [0.15, 0.2) is 42.7 Å². The number of nitrogens with zero attached hydrogens (tertiary/aromatic N) is 8. The highest BCUT2D eigenvalue weighted by atomic mass is 16.6. The van der Waals surface area contributed by atoms with Crippen molar-refractivity contribution < 1.29 is 14.6 Å². The third kappa shape index (κ3) is 6.38. The molecule has 5 heterocycles. The van der Waals surface area contributed by atoms with Gasteiger partial charge in [-0.3, -0.25) is 14.4 Å². The number of likely N-dealkylation sites (tertiary alicyclic amines) is 1. The first-order valence-corrected chi connectivity index (χ1v) is 15.0. The number of phenols is 1. The van der Waals surface area contributed by atoms with Crippen LogP contribution in [-0.4, -0.2) is 84.2 Å². The van der Waals surface area contributed by atoms with Gasteiger partial charge in [-0.15, -0.1) is 10.2 Å². The maximum absolute atomic E-state index is 12.2. The molecule has 0 bridgehead atoms. The van der Waals surface area contributed by atoms with Crippen molar-refractivity contribution in [3.63, 3.8) is 0 Å². The van der Waals surface area contributed by atoms with Crippen molar-refractivity contribution in [2.24, 2.45) is 0 Å². The van der Waals surface area contributed by atoms with Crippen LogP contribution in [0.2, 0.25) is 0 Å². The highest BCUT2D eigenvalue weighted by molar-refractivity contribution is 5.87. The number of aromatic hydroxyl groups is 1. The number of esters is 1.